The molecule has 33 heavy (non-hydrogen) atoms. The predicted octanol–water partition coefficient (Wildman–Crippen LogP) is 4.59. The van der Waals surface area contributed by atoms with Crippen LogP contribution in [0.15, 0.2) is 54.6 Å². The minimum Gasteiger partial charge on any atom is -0.409 e. The number of amides is 3. The number of benzene rings is 3. The second-order valence-corrected chi connectivity index (χ2v) is 8.49. The summed E-state index contributed by atoms with van der Waals surface area (Å²) in [7, 11) is 0. The number of carbonyl (C=O) groups is 3. The maximum atomic E-state index is 12.9. The summed E-state index contributed by atoms with van der Waals surface area (Å²) in [4.78, 5) is 41.1. The fraction of sp³-hybridized carbons (Fsp3) is 0.208. The van der Waals surface area contributed by atoms with Gasteiger partial charge >= 0.3 is 6.09 Å². The van der Waals surface area contributed by atoms with Crippen LogP contribution >= 0.6 is 23.2 Å². The zero-order valence-corrected chi connectivity index (χ0v) is 19.1. The molecule has 0 atom stereocenters. The van der Waals surface area contributed by atoms with Gasteiger partial charge in [-0.3, -0.25) is 9.59 Å². The fourth-order valence-electron chi connectivity index (χ4n) is 3.88. The molecular formula is C24H21Cl2N3O4. The van der Waals surface area contributed by atoms with Crippen LogP contribution in [-0.2, 0) is 0 Å². The van der Waals surface area contributed by atoms with Crippen molar-refractivity contribution in [3.63, 3.8) is 0 Å². The first-order valence-electron chi connectivity index (χ1n) is 10.4. The van der Waals surface area contributed by atoms with E-state index in [1.807, 2.05) is 12.1 Å². The number of hydrogen-bond donors (Lipinski definition) is 1. The van der Waals surface area contributed by atoms with Gasteiger partial charge in [0.05, 0.1) is 16.1 Å². The van der Waals surface area contributed by atoms with Crippen molar-refractivity contribution in [1.82, 2.24) is 9.80 Å². The molecule has 0 saturated carbocycles. The molecule has 0 bridgehead atoms. The van der Waals surface area contributed by atoms with Gasteiger partial charge in [0, 0.05) is 31.2 Å². The van der Waals surface area contributed by atoms with Gasteiger partial charge in [-0.05, 0) is 41.5 Å². The molecule has 1 aliphatic rings. The van der Waals surface area contributed by atoms with Crippen LogP contribution in [0.4, 0.5) is 4.79 Å². The van der Waals surface area contributed by atoms with Gasteiger partial charge in [0.2, 0.25) is 0 Å². The number of nitrogens with zero attached hydrogens (tertiary/aromatic N) is 2. The number of fused-ring (bicyclic) bond motifs is 1. The average molecular weight is 486 g/mol. The third-order valence-corrected chi connectivity index (χ3v) is 6.10. The minimum absolute atomic E-state index is 0.106. The summed E-state index contributed by atoms with van der Waals surface area (Å²) in [6, 6.07) is 15.3. The number of nitrogens with two attached hydrogens (primary N) is 1. The van der Waals surface area contributed by atoms with Crippen molar-refractivity contribution in [2.45, 2.75) is 6.42 Å². The topological polar surface area (TPSA) is 92.9 Å². The molecule has 3 amide bonds. The van der Waals surface area contributed by atoms with Crippen molar-refractivity contribution in [3.8, 4) is 5.75 Å². The highest BCUT2D eigenvalue weighted by atomic mass is 35.5. The molecular weight excluding hydrogens is 465 g/mol. The summed E-state index contributed by atoms with van der Waals surface area (Å²) in [5, 5.41) is 2.17. The Morgan fingerprint density at radius 1 is 0.879 bits per heavy atom. The predicted molar refractivity (Wildman–Crippen MR) is 127 cm³/mol. The molecule has 4 rings (SSSR count). The van der Waals surface area contributed by atoms with E-state index in [0.29, 0.717) is 47.1 Å². The monoisotopic (exact) mass is 485 g/mol. The van der Waals surface area contributed by atoms with Gasteiger partial charge in [-0.2, -0.15) is 0 Å². The van der Waals surface area contributed by atoms with Crippen LogP contribution in [0.2, 0.25) is 10.0 Å². The Morgan fingerprint density at radius 2 is 1.61 bits per heavy atom. The molecule has 7 nitrogen and oxygen atoms in total. The summed E-state index contributed by atoms with van der Waals surface area (Å²) in [5.74, 6) is -0.821. The highest BCUT2D eigenvalue weighted by Gasteiger charge is 2.26. The molecule has 0 radical (unpaired) electrons. The second-order valence-electron chi connectivity index (χ2n) is 7.65. The first kappa shape index (κ1) is 22.9. The Hall–Kier alpha value is -3.29. The van der Waals surface area contributed by atoms with Gasteiger partial charge in [0.15, 0.2) is 0 Å². The lowest BCUT2D eigenvalue weighted by molar-refractivity contribution is 0.0759. The molecule has 9 heteroatoms. The first-order chi connectivity index (χ1) is 15.8. The normalized spacial score (nSPS) is 14.1. The zero-order valence-electron chi connectivity index (χ0n) is 17.6. The third-order valence-electron chi connectivity index (χ3n) is 5.53. The fourth-order valence-corrected chi connectivity index (χ4v) is 4.25. The Balaban J connectivity index is 1.48. The zero-order chi connectivity index (χ0) is 23.5. The second kappa shape index (κ2) is 9.68. The lowest BCUT2D eigenvalue weighted by atomic mass is 10.0. The minimum atomic E-state index is -0.680. The van der Waals surface area contributed by atoms with E-state index < -0.39 is 12.0 Å². The van der Waals surface area contributed by atoms with Crippen molar-refractivity contribution >= 4 is 51.9 Å². The summed E-state index contributed by atoms with van der Waals surface area (Å²) in [6.45, 7) is 1.42. The molecule has 0 unspecified atom stereocenters. The van der Waals surface area contributed by atoms with E-state index in [-0.39, 0.29) is 23.8 Å². The Labute approximate surface area is 200 Å². The van der Waals surface area contributed by atoms with E-state index in [1.54, 1.807) is 41.3 Å². The number of primary amides is 1. The van der Waals surface area contributed by atoms with Crippen LogP contribution in [0, 0.1) is 0 Å². The van der Waals surface area contributed by atoms with Gasteiger partial charge in [0.25, 0.3) is 11.8 Å². The van der Waals surface area contributed by atoms with E-state index in [2.05, 4.69) is 0 Å². The standard InChI is InChI=1S/C24H21Cl2N3O4/c25-16-7-8-19(26)18(14-16)23(31)28-10-3-11-29(13-12-28)24(32)33-20-9-6-15-4-1-2-5-17(15)21(20)22(27)30/h1-2,4-9,14H,3,10-13H2,(H2,27,30). The van der Waals surface area contributed by atoms with Crippen molar-refractivity contribution in [1.29, 1.82) is 0 Å². The SMILES string of the molecule is NC(=O)c1c(OC(=O)N2CCCN(C(=O)c3cc(Cl)ccc3Cl)CC2)ccc2ccccc12. The summed E-state index contributed by atoms with van der Waals surface area (Å²) >= 11 is 12.2. The number of carbonyl (C=O) groups excluding carboxylic acids is 3. The highest BCUT2D eigenvalue weighted by molar-refractivity contribution is 6.35. The van der Waals surface area contributed by atoms with Crippen molar-refractivity contribution in [2.75, 3.05) is 26.2 Å². The number of rotatable bonds is 3. The number of ether oxygens (including phenoxy) is 1. The van der Waals surface area contributed by atoms with E-state index in [1.165, 1.54) is 11.0 Å². The average Bonchev–Trinajstić information content (AvgIpc) is 3.06. The Bertz CT molecular complexity index is 1250. The van der Waals surface area contributed by atoms with E-state index in [0.717, 1.165) is 5.39 Å². The summed E-state index contributed by atoms with van der Waals surface area (Å²) in [5.41, 5.74) is 6.06. The van der Waals surface area contributed by atoms with Crippen molar-refractivity contribution < 1.29 is 19.1 Å². The van der Waals surface area contributed by atoms with Crippen LogP contribution in [0.1, 0.15) is 27.1 Å². The highest BCUT2D eigenvalue weighted by Crippen LogP contribution is 2.28. The quantitative estimate of drug-likeness (QED) is 0.586. The van der Waals surface area contributed by atoms with Crippen molar-refractivity contribution in [2.24, 2.45) is 5.73 Å². The molecule has 170 valence electrons. The Morgan fingerprint density at radius 3 is 2.39 bits per heavy atom. The molecule has 1 aliphatic heterocycles. The van der Waals surface area contributed by atoms with E-state index in [9.17, 15) is 14.4 Å². The molecule has 1 fully saturated rings. The summed E-state index contributed by atoms with van der Waals surface area (Å²) in [6.07, 6.45) is -0.0535. The third kappa shape index (κ3) is 4.89. The lowest BCUT2D eigenvalue weighted by Gasteiger charge is -2.22. The van der Waals surface area contributed by atoms with Crippen LogP contribution in [0.5, 0.6) is 5.75 Å². The van der Waals surface area contributed by atoms with Gasteiger partial charge < -0.3 is 20.3 Å². The van der Waals surface area contributed by atoms with Gasteiger partial charge in [-0.25, -0.2) is 4.79 Å². The van der Waals surface area contributed by atoms with Crippen LogP contribution in [-0.4, -0.2) is 53.9 Å². The maximum absolute atomic E-state index is 12.9. The van der Waals surface area contributed by atoms with Crippen LogP contribution in [0.3, 0.4) is 0 Å². The molecule has 0 aliphatic carbocycles. The number of hydrogen-bond acceptors (Lipinski definition) is 4. The van der Waals surface area contributed by atoms with E-state index in [4.69, 9.17) is 33.7 Å². The van der Waals surface area contributed by atoms with Crippen molar-refractivity contribution in [3.05, 3.63) is 75.8 Å². The number of halogens is 2. The Kier molecular flexibility index (Phi) is 6.72. The van der Waals surface area contributed by atoms with Gasteiger partial charge in [-0.1, -0.05) is 53.5 Å². The molecule has 1 heterocycles. The van der Waals surface area contributed by atoms with Gasteiger partial charge in [0.1, 0.15) is 5.75 Å². The molecule has 1 saturated heterocycles. The van der Waals surface area contributed by atoms with Gasteiger partial charge in [-0.15, -0.1) is 0 Å². The molecule has 3 aromatic rings. The molecule has 3 aromatic carbocycles. The molecule has 2 N–H and O–H groups in total. The summed E-state index contributed by atoms with van der Waals surface area (Å²) < 4.78 is 5.57. The molecule has 0 spiro atoms. The van der Waals surface area contributed by atoms with Crippen LogP contribution in [0.25, 0.3) is 10.8 Å². The largest absolute Gasteiger partial charge is 0.415 e. The van der Waals surface area contributed by atoms with E-state index >= 15 is 0 Å². The maximum Gasteiger partial charge on any atom is 0.415 e. The first-order valence-corrected chi connectivity index (χ1v) is 11.1. The lowest BCUT2D eigenvalue weighted by Crippen LogP contribution is -2.38. The van der Waals surface area contributed by atoms with Crippen LogP contribution < -0.4 is 10.5 Å². The molecule has 0 aromatic heterocycles. The smallest absolute Gasteiger partial charge is 0.409 e.